The lowest BCUT2D eigenvalue weighted by atomic mass is 9.70. The van der Waals surface area contributed by atoms with E-state index in [9.17, 15) is 0 Å². The van der Waals surface area contributed by atoms with E-state index in [0.29, 0.717) is 6.54 Å². The maximum atomic E-state index is 6.15. The van der Waals surface area contributed by atoms with Gasteiger partial charge in [-0.15, -0.1) is 0 Å². The fourth-order valence-corrected chi connectivity index (χ4v) is 3.57. The second-order valence-electron chi connectivity index (χ2n) is 6.73. The minimum atomic E-state index is 0.0614. The first-order chi connectivity index (χ1) is 9.54. The molecular formula is C17H25N3. The third-order valence-electron chi connectivity index (χ3n) is 5.05. The van der Waals surface area contributed by atoms with Crippen LogP contribution in [0, 0.1) is 19.8 Å². The Labute approximate surface area is 121 Å². The Morgan fingerprint density at radius 3 is 2.65 bits per heavy atom. The molecule has 0 spiro atoms. The second-order valence-corrected chi connectivity index (χ2v) is 6.73. The standard InChI is InChI=1S/C17H25N3/c1-11-4-6-17(10-18,7-5-11)16-19-14-9-12(2)8-13(3)15(14)20-16/h8-9,11H,4-7,10,18H2,1-3H3,(H,19,20). The van der Waals surface area contributed by atoms with Crippen LogP contribution in [0.3, 0.4) is 0 Å². The number of benzene rings is 1. The lowest BCUT2D eigenvalue weighted by Gasteiger charge is -2.36. The highest BCUT2D eigenvalue weighted by atomic mass is 15.0. The lowest BCUT2D eigenvalue weighted by molar-refractivity contribution is 0.238. The fraction of sp³-hybridized carbons (Fsp3) is 0.588. The number of fused-ring (bicyclic) bond motifs is 1. The van der Waals surface area contributed by atoms with Gasteiger partial charge in [0.25, 0.3) is 0 Å². The van der Waals surface area contributed by atoms with E-state index in [-0.39, 0.29) is 5.41 Å². The average Bonchev–Trinajstić information content (AvgIpc) is 2.85. The highest BCUT2D eigenvalue weighted by Gasteiger charge is 2.37. The summed E-state index contributed by atoms with van der Waals surface area (Å²) in [5.41, 5.74) is 11.0. The Bertz CT molecular complexity index is 618. The third kappa shape index (κ3) is 2.14. The van der Waals surface area contributed by atoms with E-state index in [1.807, 2.05) is 0 Å². The Morgan fingerprint density at radius 2 is 2.00 bits per heavy atom. The zero-order chi connectivity index (χ0) is 14.3. The number of aromatic nitrogens is 2. The molecule has 1 fully saturated rings. The van der Waals surface area contributed by atoms with Crippen molar-refractivity contribution < 1.29 is 0 Å². The summed E-state index contributed by atoms with van der Waals surface area (Å²) < 4.78 is 0. The SMILES string of the molecule is Cc1cc(C)c2nc(C3(CN)CCC(C)CC3)[nH]c2c1. The molecule has 1 aromatic carbocycles. The van der Waals surface area contributed by atoms with Gasteiger partial charge in [0.1, 0.15) is 5.82 Å². The molecule has 1 aliphatic rings. The van der Waals surface area contributed by atoms with Gasteiger partial charge in [0.15, 0.2) is 0 Å². The van der Waals surface area contributed by atoms with Crippen molar-refractivity contribution in [2.24, 2.45) is 11.7 Å². The predicted octanol–water partition coefficient (Wildman–Crippen LogP) is 3.59. The van der Waals surface area contributed by atoms with Gasteiger partial charge >= 0.3 is 0 Å². The first kappa shape index (κ1) is 13.6. The van der Waals surface area contributed by atoms with E-state index in [1.54, 1.807) is 0 Å². The van der Waals surface area contributed by atoms with Crippen LogP contribution in [0.25, 0.3) is 11.0 Å². The van der Waals surface area contributed by atoms with Gasteiger partial charge in [-0.3, -0.25) is 0 Å². The largest absolute Gasteiger partial charge is 0.341 e. The molecule has 3 N–H and O–H groups in total. The van der Waals surface area contributed by atoms with Gasteiger partial charge in [0.2, 0.25) is 0 Å². The molecule has 0 unspecified atom stereocenters. The summed E-state index contributed by atoms with van der Waals surface area (Å²) in [5.74, 6) is 1.93. The van der Waals surface area contributed by atoms with Gasteiger partial charge in [-0.2, -0.15) is 0 Å². The van der Waals surface area contributed by atoms with Crippen molar-refractivity contribution in [3.8, 4) is 0 Å². The smallest absolute Gasteiger partial charge is 0.114 e. The molecule has 3 rings (SSSR count). The molecule has 0 bridgehead atoms. The van der Waals surface area contributed by atoms with Crippen LogP contribution in [0.15, 0.2) is 12.1 Å². The summed E-state index contributed by atoms with van der Waals surface area (Å²) in [4.78, 5) is 8.47. The zero-order valence-corrected chi connectivity index (χ0v) is 12.8. The van der Waals surface area contributed by atoms with Crippen molar-refractivity contribution in [3.05, 3.63) is 29.1 Å². The van der Waals surface area contributed by atoms with Crippen LogP contribution in [-0.4, -0.2) is 16.5 Å². The molecule has 1 saturated carbocycles. The van der Waals surface area contributed by atoms with Crippen LogP contribution in [0.5, 0.6) is 0 Å². The van der Waals surface area contributed by atoms with Crippen molar-refractivity contribution in [1.82, 2.24) is 9.97 Å². The van der Waals surface area contributed by atoms with Gasteiger partial charge in [0, 0.05) is 12.0 Å². The molecule has 20 heavy (non-hydrogen) atoms. The number of aromatic amines is 1. The van der Waals surface area contributed by atoms with E-state index in [1.165, 1.54) is 24.0 Å². The molecule has 1 heterocycles. The van der Waals surface area contributed by atoms with Gasteiger partial charge in [-0.05, 0) is 62.6 Å². The molecule has 3 heteroatoms. The molecule has 0 amide bonds. The number of rotatable bonds is 2. The third-order valence-corrected chi connectivity index (χ3v) is 5.05. The molecule has 0 saturated heterocycles. The maximum Gasteiger partial charge on any atom is 0.114 e. The quantitative estimate of drug-likeness (QED) is 0.877. The Kier molecular flexibility index (Phi) is 3.33. The van der Waals surface area contributed by atoms with Crippen LogP contribution in [0.2, 0.25) is 0 Å². The summed E-state index contributed by atoms with van der Waals surface area (Å²) in [6.45, 7) is 7.30. The summed E-state index contributed by atoms with van der Waals surface area (Å²) in [5, 5.41) is 0. The number of nitrogens with two attached hydrogens (primary N) is 1. The van der Waals surface area contributed by atoms with Gasteiger partial charge in [0.05, 0.1) is 11.0 Å². The highest BCUT2D eigenvalue weighted by Crippen LogP contribution is 2.40. The topological polar surface area (TPSA) is 54.7 Å². The molecule has 0 aliphatic heterocycles. The second kappa shape index (κ2) is 4.88. The first-order valence-electron chi connectivity index (χ1n) is 7.71. The monoisotopic (exact) mass is 271 g/mol. The number of aryl methyl sites for hydroxylation is 2. The number of hydrogen-bond acceptors (Lipinski definition) is 2. The molecular weight excluding hydrogens is 246 g/mol. The van der Waals surface area contributed by atoms with Crippen LogP contribution in [0.4, 0.5) is 0 Å². The Balaban J connectivity index is 2.06. The number of imidazole rings is 1. The van der Waals surface area contributed by atoms with E-state index in [4.69, 9.17) is 10.7 Å². The van der Waals surface area contributed by atoms with Crippen molar-refractivity contribution in [2.45, 2.75) is 51.9 Å². The Morgan fingerprint density at radius 1 is 1.30 bits per heavy atom. The van der Waals surface area contributed by atoms with Gasteiger partial charge in [-0.25, -0.2) is 4.98 Å². The fourth-order valence-electron chi connectivity index (χ4n) is 3.57. The minimum absolute atomic E-state index is 0.0614. The van der Waals surface area contributed by atoms with Crippen molar-refractivity contribution in [3.63, 3.8) is 0 Å². The van der Waals surface area contributed by atoms with E-state index < -0.39 is 0 Å². The van der Waals surface area contributed by atoms with E-state index >= 15 is 0 Å². The number of hydrogen-bond donors (Lipinski definition) is 2. The predicted molar refractivity (Wildman–Crippen MR) is 83.9 cm³/mol. The molecule has 3 nitrogen and oxygen atoms in total. The van der Waals surface area contributed by atoms with Crippen LogP contribution < -0.4 is 5.73 Å². The molecule has 2 aromatic rings. The van der Waals surface area contributed by atoms with Gasteiger partial charge < -0.3 is 10.7 Å². The molecule has 108 valence electrons. The molecule has 1 aromatic heterocycles. The molecule has 0 radical (unpaired) electrons. The first-order valence-corrected chi connectivity index (χ1v) is 7.71. The van der Waals surface area contributed by atoms with Crippen LogP contribution >= 0.6 is 0 Å². The summed E-state index contributed by atoms with van der Waals surface area (Å²) in [7, 11) is 0. The zero-order valence-electron chi connectivity index (χ0n) is 12.8. The summed E-state index contributed by atoms with van der Waals surface area (Å²) >= 11 is 0. The lowest BCUT2D eigenvalue weighted by Crippen LogP contribution is -2.39. The average molecular weight is 271 g/mol. The maximum absolute atomic E-state index is 6.15. The van der Waals surface area contributed by atoms with Crippen molar-refractivity contribution >= 4 is 11.0 Å². The van der Waals surface area contributed by atoms with Crippen molar-refractivity contribution in [2.75, 3.05) is 6.54 Å². The van der Waals surface area contributed by atoms with E-state index in [0.717, 1.165) is 35.6 Å². The Hall–Kier alpha value is -1.35. The summed E-state index contributed by atoms with van der Waals surface area (Å²) in [6.07, 6.45) is 4.82. The molecule has 0 atom stereocenters. The van der Waals surface area contributed by atoms with Crippen LogP contribution in [0.1, 0.15) is 49.6 Å². The van der Waals surface area contributed by atoms with Crippen molar-refractivity contribution in [1.29, 1.82) is 0 Å². The number of H-pyrrole nitrogens is 1. The van der Waals surface area contributed by atoms with Gasteiger partial charge in [-0.1, -0.05) is 13.0 Å². The highest BCUT2D eigenvalue weighted by molar-refractivity contribution is 5.79. The normalized spacial score (nSPS) is 27.1. The number of nitrogens with zero attached hydrogens (tertiary/aromatic N) is 1. The molecule has 1 aliphatic carbocycles. The van der Waals surface area contributed by atoms with Crippen LogP contribution in [-0.2, 0) is 5.41 Å². The summed E-state index contributed by atoms with van der Waals surface area (Å²) in [6, 6.07) is 4.39. The minimum Gasteiger partial charge on any atom is -0.341 e. The number of nitrogens with one attached hydrogen (secondary N) is 1. The van der Waals surface area contributed by atoms with E-state index in [2.05, 4.69) is 37.9 Å².